The molecule has 0 saturated carbocycles. The van der Waals surface area contributed by atoms with Crippen LogP contribution in [0.25, 0.3) is 0 Å². The van der Waals surface area contributed by atoms with E-state index in [-0.39, 0.29) is 30.8 Å². The zero-order valence-electron chi connectivity index (χ0n) is 24.5. The molecule has 0 aromatic rings. The summed E-state index contributed by atoms with van der Waals surface area (Å²) in [6.45, 7) is 18.5. The quantitative estimate of drug-likeness (QED) is 0.238. The summed E-state index contributed by atoms with van der Waals surface area (Å²) >= 11 is 0. The predicted octanol–water partition coefficient (Wildman–Crippen LogP) is 3.30. The minimum absolute atomic E-state index is 0.131. The van der Waals surface area contributed by atoms with Crippen LogP contribution in [0.5, 0.6) is 0 Å². The number of amides is 3. The summed E-state index contributed by atoms with van der Waals surface area (Å²) in [4.78, 5) is 51.0. The molecule has 1 unspecified atom stereocenters. The lowest BCUT2D eigenvalue weighted by Crippen LogP contribution is -2.59. The fraction of sp³-hybridized carbons (Fsp3) is 0.852. The number of nitrogens with one attached hydrogen (secondary N) is 3. The van der Waals surface area contributed by atoms with E-state index in [0.717, 1.165) is 0 Å². The molecule has 37 heavy (non-hydrogen) atoms. The van der Waals surface area contributed by atoms with Crippen LogP contribution >= 0.6 is 0 Å². The van der Waals surface area contributed by atoms with Gasteiger partial charge in [-0.05, 0) is 51.9 Å². The molecule has 0 aromatic heterocycles. The second-order valence-electron chi connectivity index (χ2n) is 11.2. The maximum absolute atomic E-state index is 13.4. The third kappa shape index (κ3) is 13.7. The molecule has 0 rings (SSSR count). The van der Waals surface area contributed by atoms with Crippen LogP contribution in [-0.2, 0) is 23.9 Å². The zero-order valence-corrected chi connectivity index (χ0v) is 24.5. The summed E-state index contributed by atoms with van der Waals surface area (Å²) in [6, 6.07) is -2.51. The van der Waals surface area contributed by atoms with Gasteiger partial charge in [0.15, 0.2) is 0 Å². The minimum atomic E-state index is -1.14. The average molecular weight is 530 g/mol. The van der Waals surface area contributed by atoms with Gasteiger partial charge in [-0.15, -0.1) is 0 Å². The molecule has 0 aliphatic rings. The molecule has 0 aliphatic heterocycles. The van der Waals surface area contributed by atoms with E-state index in [1.54, 1.807) is 27.7 Å². The van der Waals surface area contributed by atoms with Gasteiger partial charge in [-0.25, -0.2) is 4.79 Å². The first-order chi connectivity index (χ1) is 17.1. The van der Waals surface area contributed by atoms with Crippen LogP contribution in [0.15, 0.2) is 0 Å². The second-order valence-corrected chi connectivity index (χ2v) is 11.2. The number of alkyl carbamates (subject to hydrolysis) is 1. The highest BCUT2D eigenvalue weighted by atomic mass is 16.6. The summed E-state index contributed by atoms with van der Waals surface area (Å²) in [5.74, 6) is -1.82. The number of hydrogen-bond donors (Lipinski definition) is 4. The predicted molar refractivity (Wildman–Crippen MR) is 143 cm³/mol. The Bertz CT molecular complexity index is 736. The molecule has 0 aliphatic carbocycles. The van der Waals surface area contributed by atoms with E-state index in [9.17, 15) is 24.3 Å². The third-order valence-corrected chi connectivity index (χ3v) is 6.16. The SMILES string of the molecule is CCOC(=O)CC(O)[C@H](CC(C)C)NC(=O)[C@@H](NC(=O)[C@@H](NC(=O)OC(C)(C)C)[C@@H](C)CC)[C@@H](C)CC. The second kappa shape index (κ2) is 16.5. The van der Waals surface area contributed by atoms with Crippen molar-refractivity contribution in [1.29, 1.82) is 0 Å². The molecule has 3 amide bonds. The van der Waals surface area contributed by atoms with Gasteiger partial charge in [-0.1, -0.05) is 54.4 Å². The molecule has 0 bridgehead atoms. The van der Waals surface area contributed by atoms with Crippen molar-refractivity contribution in [3.63, 3.8) is 0 Å². The van der Waals surface area contributed by atoms with E-state index in [1.165, 1.54) is 0 Å². The van der Waals surface area contributed by atoms with Gasteiger partial charge < -0.3 is 30.5 Å². The highest BCUT2D eigenvalue weighted by molar-refractivity contribution is 5.91. The lowest BCUT2D eigenvalue weighted by atomic mass is 9.93. The van der Waals surface area contributed by atoms with E-state index in [1.807, 2.05) is 41.5 Å². The maximum Gasteiger partial charge on any atom is 0.408 e. The molecule has 0 aromatic carbocycles. The van der Waals surface area contributed by atoms with Crippen molar-refractivity contribution < 1.29 is 33.8 Å². The maximum atomic E-state index is 13.4. The number of esters is 1. The molecule has 6 atom stereocenters. The number of aliphatic hydroxyl groups excluding tert-OH is 1. The molecule has 0 spiro atoms. The molecule has 216 valence electrons. The Morgan fingerprint density at radius 3 is 1.73 bits per heavy atom. The van der Waals surface area contributed by atoms with E-state index in [2.05, 4.69) is 16.0 Å². The van der Waals surface area contributed by atoms with Crippen molar-refractivity contribution in [2.45, 2.75) is 125 Å². The lowest BCUT2D eigenvalue weighted by Gasteiger charge is -2.32. The van der Waals surface area contributed by atoms with Gasteiger partial charge in [0.2, 0.25) is 11.8 Å². The van der Waals surface area contributed by atoms with Crippen LogP contribution < -0.4 is 16.0 Å². The number of hydrogen-bond acceptors (Lipinski definition) is 7. The minimum Gasteiger partial charge on any atom is -0.466 e. The summed E-state index contributed by atoms with van der Waals surface area (Å²) in [5.41, 5.74) is -0.727. The lowest BCUT2D eigenvalue weighted by molar-refractivity contribution is -0.146. The largest absolute Gasteiger partial charge is 0.466 e. The topological polar surface area (TPSA) is 143 Å². The van der Waals surface area contributed by atoms with Crippen molar-refractivity contribution in [3.8, 4) is 0 Å². The van der Waals surface area contributed by atoms with Gasteiger partial charge in [0.05, 0.1) is 25.2 Å². The molecular weight excluding hydrogens is 478 g/mol. The van der Waals surface area contributed by atoms with Gasteiger partial charge in [0, 0.05) is 0 Å². The molecule has 0 heterocycles. The van der Waals surface area contributed by atoms with Crippen LogP contribution in [0.2, 0.25) is 0 Å². The van der Waals surface area contributed by atoms with E-state index in [4.69, 9.17) is 9.47 Å². The number of aliphatic hydroxyl groups is 1. The monoisotopic (exact) mass is 529 g/mol. The first-order valence-corrected chi connectivity index (χ1v) is 13.5. The highest BCUT2D eigenvalue weighted by Gasteiger charge is 2.35. The van der Waals surface area contributed by atoms with Gasteiger partial charge in [-0.2, -0.15) is 0 Å². The van der Waals surface area contributed by atoms with Gasteiger partial charge in [0.1, 0.15) is 17.7 Å². The third-order valence-electron chi connectivity index (χ3n) is 6.16. The van der Waals surface area contributed by atoms with Crippen molar-refractivity contribution in [2.24, 2.45) is 17.8 Å². The molecule has 0 radical (unpaired) electrons. The Labute approximate surface area is 223 Å². The van der Waals surface area contributed by atoms with Crippen LogP contribution in [0.4, 0.5) is 4.79 Å². The van der Waals surface area contributed by atoms with E-state index in [0.29, 0.717) is 19.3 Å². The number of ether oxygens (including phenoxy) is 2. The Kier molecular flexibility index (Phi) is 15.4. The van der Waals surface area contributed by atoms with Crippen molar-refractivity contribution in [3.05, 3.63) is 0 Å². The normalized spacial score (nSPS) is 16.5. The fourth-order valence-electron chi connectivity index (χ4n) is 3.71. The van der Waals surface area contributed by atoms with Crippen LogP contribution in [-0.4, -0.2) is 65.4 Å². The first kappa shape index (κ1) is 34.6. The van der Waals surface area contributed by atoms with Gasteiger partial charge >= 0.3 is 12.1 Å². The fourth-order valence-corrected chi connectivity index (χ4v) is 3.71. The number of rotatable bonds is 15. The molecule has 10 heteroatoms. The Hall–Kier alpha value is -2.36. The molecule has 0 fully saturated rings. The molecule has 4 N–H and O–H groups in total. The molecule has 10 nitrogen and oxygen atoms in total. The molecular formula is C27H51N3O7. The molecule has 0 saturated heterocycles. The zero-order chi connectivity index (χ0) is 28.9. The summed E-state index contributed by atoms with van der Waals surface area (Å²) in [5, 5.41) is 19.0. The highest BCUT2D eigenvalue weighted by Crippen LogP contribution is 2.16. The van der Waals surface area contributed by atoms with Crippen molar-refractivity contribution in [2.75, 3.05) is 6.61 Å². The van der Waals surface area contributed by atoms with E-state index < -0.39 is 53.7 Å². The van der Waals surface area contributed by atoms with Crippen molar-refractivity contribution >= 4 is 23.9 Å². The smallest absolute Gasteiger partial charge is 0.408 e. The van der Waals surface area contributed by atoms with Gasteiger partial charge in [0.25, 0.3) is 0 Å². The van der Waals surface area contributed by atoms with Crippen molar-refractivity contribution in [1.82, 2.24) is 16.0 Å². The summed E-state index contributed by atoms with van der Waals surface area (Å²) in [6.07, 6.45) is -0.446. The van der Waals surface area contributed by atoms with Crippen LogP contribution in [0.3, 0.4) is 0 Å². The Morgan fingerprint density at radius 1 is 0.811 bits per heavy atom. The number of carbonyl (C=O) groups excluding carboxylic acids is 4. The standard InChI is InChI=1S/C27H51N3O7/c1-11-17(6)22(24(33)28-19(14-16(4)5)20(31)15-21(32)36-13-3)29-25(34)23(18(7)12-2)30-26(35)37-27(8,9)10/h16-20,22-23,31H,11-15H2,1-10H3,(H,28,33)(H,29,34)(H,30,35)/t17-,18-,19-,20?,22-,23-/m0/s1. The Balaban J connectivity index is 5.75. The van der Waals surface area contributed by atoms with E-state index >= 15 is 0 Å². The van der Waals surface area contributed by atoms with Crippen LogP contribution in [0, 0.1) is 17.8 Å². The Morgan fingerprint density at radius 2 is 1.30 bits per heavy atom. The van der Waals surface area contributed by atoms with Gasteiger partial charge in [-0.3, -0.25) is 14.4 Å². The average Bonchev–Trinajstić information content (AvgIpc) is 2.77. The van der Waals surface area contributed by atoms with Crippen LogP contribution in [0.1, 0.15) is 94.9 Å². The number of carbonyl (C=O) groups is 4. The first-order valence-electron chi connectivity index (χ1n) is 13.5. The summed E-state index contributed by atoms with van der Waals surface area (Å²) in [7, 11) is 0. The summed E-state index contributed by atoms with van der Waals surface area (Å²) < 4.78 is 10.3.